The zero-order valence-corrected chi connectivity index (χ0v) is 10.8. The van der Waals surface area contributed by atoms with Crippen LogP contribution in [0.15, 0.2) is 6.20 Å². The van der Waals surface area contributed by atoms with E-state index < -0.39 is 0 Å². The first-order chi connectivity index (χ1) is 8.85. The predicted octanol–water partition coefficient (Wildman–Crippen LogP) is 1.41. The normalized spacial score (nSPS) is 25.1. The van der Waals surface area contributed by atoms with Crippen molar-refractivity contribution in [3.8, 4) is 0 Å². The summed E-state index contributed by atoms with van der Waals surface area (Å²) < 4.78 is 7.64. The molecule has 1 atom stereocenters. The molecule has 4 heteroatoms. The minimum atomic E-state index is 0.299. The largest absolute Gasteiger partial charge is 0.396 e. The first-order valence-corrected chi connectivity index (χ1v) is 7.08. The van der Waals surface area contributed by atoms with Crippen LogP contribution in [0, 0.1) is 11.8 Å². The van der Waals surface area contributed by atoms with Crippen molar-refractivity contribution in [2.45, 2.75) is 38.6 Å². The van der Waals surface area contributed by atoms with E-state index in [9.17, 15) is 5.11 Å². The molecule has 1 aromatic rings. The number of rotatable bonds is 3. The van der Waals surface area contributed by atoms with Gasteiger partial charge in [-0.1, -0.05) is 0 Å². The van der Waals surface area contributed by atoms with Gasteiger partial charge in [0.05, 0.1) is 5.69 Å². The second-order valence-corrected chi connectivity index (χ2v) is 5.65. The third-order valence-corrected chi connectivity index (χ3v) is 4.24. The first kappa shape index (κ1) is 12.2. The number of hydrogen-bond acceptors (Lipinski definition) is 3. The Labute approximate surface area is 108 Å². The molecule has 1 N–H and O–H groups in total. The Morgan fingerprint density at radius 2 is 2.11 bits per heavy atom. The summed E-state index contributed by atoms with van der Waals surface area (Å²) >= 11 is 0. The van der Waals surface area contributed by atoms with E-state index in [0.29, 0.717) is 12.5 Å². The summed E-state index contributed by atoms with van der Waals surface area (Å²) in [7, 11) is 0. The van der Waals surface area contributed by atoms with Crippen LogP contribution in [0.2, 0.25) is 0 Å². The Morgan fingerprint density at radius 3 is 2.89 bits per heavy atom. The Balaban J connectivity index is 1.65. The molecule has 2 aliphatic heterocycles. The van der Waals surface area contributed by atoms with E-state index in [4.69, 9.17) is 9.72 Å². The van der Waals surface area contributed by atoms with Gasteiger partial charge in [0.2, 0.25) is 0 Å². The zero-order chi connectivity index (χ0) is 12.4. The number of nitrogens with zero attached hydrogens (tertiary/aromatic N) is 2. The summed E-state index contributed by atoms with van der Waals surface area (Å²) in [6, 6.07) is 0. The first-order valence-electron chi connectivity index (χ1n) is 7.08. The van der Waals surface area contributed by atoms with Crippen molar-refractivity contribution in [1.82, 2.24) is 9.55 Å². The fourth-order valence-electron chi connectivity index (χ4n) is 3.07. The average molecular weight is 250 g/mol. The van der Waals surface area contributed by atoms with E-state index >= 15 is 0 Å². The van der Waals surface area contributed by atoms with Crippen molar-refractivity contribution in [3.63, 3.8) is 0 Å². The van der Waals surface area contributed by atoms with Gasteiger partial charge in [-0.3, -0.25) is 0 Å². The van der Waals surface area contributed by atoms with Crippen LogP contribution in [-0.4, -0.2) is 34.5 Å². The molecular formula is C14H22N2O2. The van der Waals surface area contributed by atoms with E-state index in [-0.39, 0.29) is 0 Å². The van der Waals surface area contributed by atoms with Gasteiger partial charge in [0.1, 0.15) is 5.82 Å². The smallest absolute Gasteiger partial charge is 0.108 e. The Hall–Kier alpha value is -0.870. The van der Waals surface area contributed by atoms with Crippen LogP contribution in [0.1, 0.15) is 30.8 Å². The molecule has 100 valence electrons. The van der Waals surface area contributed by atoms with E-state index in [1.54, 1.807) is 0 Å². The molecule has 3 rings (SSSR count). The maximum Gasteiger partial charge on any atom is 0.108 e. The highest BCUT2D eigenvalue weighted by Crippen LogP contribution is 2.23. The maximum atomic E-state index is 9.24. The molecule has 0 amide bonds. The second kappa shape index (κ2) is 5.41. The third kappa shape index (κ3) is 2.59. The van der Waals surface area contributed by atoms with Crippen LogP contribution in [0.5, 0.6) is 0 Å². The molecule has 0 aliphatic carbocycles. The summed E-state index contributed by atoms with van der Waals surface area (Å²) in [5, 5.41) is 9.24. The van der Waals surface area contributed by atoms with Crippen molar-refractivity contribution >= 4 is 0 Å². The minimum Gasteiger partial charge on any atom is -0.396 e. The summed E-state index contributed by atoms with van der Waals surface area (Å²) in [6.45, 7) is 3.05. The monoisotopic (exact) mass is 250 g/mol. The lowest BCUT2D eigenvalue weighted by Crippen LogP contribution is -2.22. The summed E-state index contributed by atoms with van der Waals surface area (Å²) in [6.07, 6.45) is 7.71. The van der Waals surface area contributed by atoms with Crippen LogP contribution in [0.25, 0.3) is 0 Å². The third-order valence-electron chi connectivity index (χ3n) is 4.24. The minimum absolute atomic E-state index is 0.299. The van der Waals surface area contributed by atoms with E-state index in [1.165, 1.54) is 24.4 Å². The fraction of sp³-hybridized carbons (Fsp3) is 0.786. The number of fused-ring (bicyclic) bond motifs is 1. The van der Waals surface area contributed by atoms with Gasteiger partial charge >= 0.3 is 0 Å². The zero-order valence-electron chi connectivity index (χ0n) is 10.8. The van der Waals surface area contributed by atoms with Gasteiger partial charge in [-0.15, -0.1) is 0 Å². The molecule has 0 bridgehead atoms. The van der Waals surface area contributed by atoms with Gasteiger partial charge < -0.3 is 14.4 Å². The summed E-state index contributed by atoms with van der Waals surface area (Å²) in [4.78, 5) is 4.75. The molecule has 1 aromatic heterocycles. The van der Waals surface area contributed by atoms with Gasteiger partial charge in [0, 0.05) is 44.9 Å². The van der Waals surface area contributed by atoms with Crippen LogP contribution in [0.3, 0.4) is 0 Å². The van der Waals surface area contributed by atoms with Crippen molar-refractivity contribution < 1.29 is 9.84 Å². The summed E-state index contributed by atoms with van der Waals surface area (Å²) in [5.74, 6) is 2.37. The van der Waals surface area contributed by atoms with Gasteiger partial charge in [-0.25, -0.2) is 4.98 Å². The molecule has 0 aromatic carbocycles. The standard InChI is InChI=1S/C14H22N2O2/c17-10-12-1-2-14-15-13(9-16(14)8-12)7-11-3-5-18-6-4-11/h9,11-12,17H,1-8,10H2. The lowest BCUT2D eigenvalue weighted by Gasteiger charge is -2.21. The number of imidazole rings is 1. The quantitative estimate of drug-likeness (QED) is 0.882. The Morgan fingerprint density at radius 1 is 1.28 bits per heavy atom. The van der Waals surface area contributed by atoms with Crippen LogP contribution in [-0.2, 0) is 24.1 Å². The number of ether oxygens (including phenoxy) is 1. The molecule has 0 spiro atoms. The molecule has 1 unspecified atom stereocenters. The molecule has 18 heavy (non-hydrogen) atoms. The van der Waals surface area contributed by atoms with Gasteiger partial charge in [0.15, 0.2) is 0 Å². The maximum absolute atomic E-state index is 9.24. The molecule has 4 nitrogen and oxygen atoms in total. The highest BCUT2D eigenvalue weighted by Gasteiger charge is 2.21. The lowest BCUT2D eigenvalue weighted by molar-refractivity contribution is 0.0663. The second-order valence-electron chi connectivity index (χ2n) is 5.65. The van der Waals surface area contributed by atoms with E-state index in [0.717, 1.165) is 44.9 Å². The topological polar surface area (TPSA) is 47.3 Å². The highest BCUT2D eigenvalue weighted by atomic mass is 16.5. The fourth-order valence-corrected chi connectivity index (χ4v) is 3.07. The van der Waals surface area contributed by atoms with Gasteiger partial charge in [-0.2, -0.15) is 0 Å². The molecule has 1 fully saturated rings. The number of aromatic nitrogens is 2. The predicted molar refractivity (Wildman–Crippen MR) is 68.4 cm³/mol. The van der Waals surface area contributed by atoms with Crippen LogP contribution in [0.4, 0.5) is 0 Å². The van der Waals surface area contributed by atoms with Crippen molar-refractivity contribution in [2.24, 2.45) is 11.8 Å². The Kier molecular flexibility index (Phi) is 3.66. The molecule has 0 saturated carbocycles. The average Bonchev–Trinajstić information content (AvgIpc) is 2.80. The Bertz CT molecular complexity index is 396. The molecule has 1 saturated heterocycles. The molecule has 2 aliphatic rings. The highest BCUT2D eigenvalue weighted by molar-refractivity contribution is 5.08. The van der Waals surface area contributed by atoms with Crippen molar-refractivity contribution in [2.75, 3.05) is 19.8 Å². The van der Waals surface area contributed by atoms with Gasteiger partial charge in [-0.05, 0) is 31.6 Å². The van der Waals surface area contributed by atoms with Crippen LogP contribution < -0.4 is 0 Å². The number of aliphatic hydroxyl groups is 1. The number of aryl methyl sites for hydroxylation is 1. The van der Waals surface area contributed by atoms with Crippen LogP contribution >= 0.6 is 0 Å². The van der Waals surface area contributed by atoms with E-state index in [2.05, 4.69) is 10.8 Å². The van der Waals surface area contributed by atoms with Crippen molar-refractivity contribution in [3.05, 3.63) is 17.7 Å². The summed E-state index contributed by atoms with van der Waals surface area (Å²) in [5.41, 5.74) is 1.23. The number of hydrogen-bond donors (Lipinski definition) is 1. The number of aliphatic hydroxyl groups excluding tert-OH is 1. The molecular weight excluding hydrogens is 228 g/mol. The molecule has 3 heterocycles. The SMILES string of the molecule is OCC1CCc2nc(CC3CCOCC3)cn2C1. The molecule has 0 radical (unpaired) electrons. The van der Waals surface area contributed by atoms with E-state index in [1.807, 2.05) is 0 Å². The lowest BCUT2D eigenvalue weighted by atomic mass is 9.95. The van der Waals surface area contributed by atoms with Crippen molar-refractivity contribution in [1.29, 1.82) is 0 Å². The van der Waals surface area contributed by atoms with Gasteiger partial charge in [0.25, 0.3) is 0 Å².